The molecule has 0 unspecified atom stereocenters. The number of hydrogen-bond donors (Lipinski definition) is 2. The summed E-state index contributed by atoms with van der Waals surface area (Å²) in [4.78, 5) is 6.79. The molecule has 1 saturated heterocycles. The highest BCUT2D eigenvalue weighted by Gasteiger charge is 2.17. The Labute approximate surface area is 144 Å². The molecule has 0 bridgehead atoms. The van der Waals surface area contributed by atoms with E-state index in [-0.39, 0.29) is 0 Å². The first-order chi connectivity index (χ1) is 11.7. The van der Waals surface area contributed by atoms with Crippen LogP contribution in [0.25, 0.3) is 10.9 Å². The van der Waals surface area contributed by atoms with Gasteiger partial charge < -0.3 is 14.8 Å². The molecule has 0 aliphatic carbocycles. The highest BCUT2D eigenvalue weighted by molar-refractivity contribution is 7.09. The number of aromatic nitrogens is 3. The predicted molar refractivity (Wildman–Crippen MR) is 95.6 cm³/mol. The zero-order chi connectivity index (χ0) is 16.5. The molecule has 24 heavy (non-hydrogen) atoms. The molecule has 1 fully saturated rings. The van der Waals surface area contributed by atoms with Crippen molar-refractivity contribution in [2.24, 2.45) is 7.05 Å². The number of fused-ring (bicyclic) bond motifs is 1. The Hall–Kier alpha value is -2.25. The lowest BCUT2D eigenvalue weighted by Gasteiger charge is -2.28. The van der Waals surface area contributed by atoms with Gasteiger partial charge in [0.05, 0.1) is 17.4 Å². The van der Waals surface area contributed by atoms with Crippen LogP contribution >= 0.6 is 11.3 Å². The molecule has 0 aromatic carbocycles. The molecule has 1 aliphatic heterocycles. The Morgan fingerprint density at radius 1 is 1.38 bits per heavy atom. The Morgan fingerprint density at radius 2 is 2.21 bits per heavy atom. The standard InChI is InChI=1S/C17H21N6S/c1-21-6-3-15-13(10-21)2-7-23(15)11-16-20-14(12-24-16)17(18)22-8-4-19-5-9-22/h2-3,6-7,10,12,18-19H,4-5,8-9,11H2,1H3/q+1. The number of amidine groups is 1. The first-order valence-electron chi connectivity index (χ1n) is 8.14. The lowest BCUT2D eigenvalue weighted by atomic mass is 10.3. The zero-order valence-corrected chi connectivity index (χ0v) is 14.5. The molecule has 2 N–H and O–H groups in total. The molecule has 0 atom stereocenters. The Balaban J connectivity index is 1.53. The number of hydrogen-bond acceptors (Lipinski definition) is 4. The van der Waals surface area contributed by atoms with Gasteiger partial charge in [0.15, 0.2) is 12.4 Å². The quantitative estimate of drug-likeness (QED) is 0.428. The number of rotatable bonds is 3. The highest BCUT2D eigenvalue weighted by atomic mass is 32.1. The van der Waals surface area contributed by atoms with Gasteiger partial charge >= 0.3 is 0 Å². The molecule has 124 valence electrons. The van der Waals surface area contributed by atoms with E-state index in [9.17, 15) is 0 Å². The van der Waals surface area contributed by atoms with Crippen LogP contribution in [0.1, 0.15) is 10.7 Å². The monoisotopic (exact) mass is 341 g/mol. The summed E-state index contributed by atoms with van der Waals surface area (Å²) in [7, 11) is 2.03. The van der Waals surface area contributed by atoms with Gasteiger partial charge in [0.2, 0.25) is 0 Å². The molecular weight excluding hydrogens is 320 g/mol. The van der Waals surface area contributed by atoms with Crippen LogP contribution in [-0.4, -0.2) is 46.5 Å². The summed E-state index contributed by atoms with van der Waals surface area (Å²) in [6, 6.07) is 4.26. The second kappa shape index (κ2) is 6.33. The minimum Gasteiger partial charge on any atom is -0.353 e. The third-order valence-corrected chi connectivity index (χ3v) is 5.22. The minimum absolute atomic E-state index is 0.545. The Kier molecular flexibility index (Phi) is 4.03. The fourth-order valence-electron chi connectivity index (χ4n) is 3.08. The predicted octanol–water partition coefficient (Wildman–Crippen LogP) is 1.20. The zero-order valence-electron chi connectivity index (χ0n) is 13.7. The summed E-state index contributed by atoms with van der Waals surface area (Å²) >= 11 is 1.63. The maximum atomic E-state index is 8.37. The molecule has 0 spiro atoms. The van der Waals surface area contributed by atoms with Crippen LogP contribution in [0.5, 0.6) is 0 Å². The SMILES string of the molecule is C[n+]1ccc2c(ccn2Cc2nc(C(=N)N3CCNCC3)cs2)c1. The van der Waals surface area contributed by atoms with E-state index < -0.39 is 0 Å². The van der Waals surface area contributed by atoms with E-state index in [1.165, 1.54) is 10.9 Å². The van der Waals surface area contributed by atoms with Crippen LogP contribution < -0.4 is 9.88 Å². The number of thiazole rings is 1. The van der Waals surface area contributed by atoms with Gasteiger partial charge in [-0.05, 0) is 6.07 Å². The van der Waals surface area contributed by atoms with Gasteiger partial charge in [-0.1, -0.05) is 0 Å². The summed E-state index contributed by atoms with van der Waals surface area (Å²) in [5, 5.41) is 16.0. The third kappa shape index (κ3) is 2.92. The average molecular weight is 341 g/mol. The van der Waals surface area contributed by atoms with E-state index in [1.807, 2.05) is 12.4 Å². The minimum atomic E-state index is 0.545. The maximum absolute atomic E-state index is 8.37. The van der Waals surface area contributed by atoms with Gasteiger partial charge in [0, 0.05) is 43.8 Å². The van der Waals surface area contributed by atoms with Gasteiger partial charge in [-0.3, -0.25) is 5.41 Å². The van der Waals surface area contributed by atoms with Crippen LogP contribution in [0.4, 0.5) is 0 Å². The third-order valence-electron chi connectivity index (χ3n) is 4.38. The molecule has 0 radical (unpaired) electrons. The number of nitrogens with one attached hydrogen (secondary N) is 2. The van der Waals surface area contributed by atoms with Crippen LogP contribution in [0.2, 0.25) is 0 Å². The van der Waals surface area contributed by atoms with Crippen molar-refractivity contribution in [1.29, 1.82) is 5.41 Å². The molecule has 3 aromatic heterocycles. The van der Waals surface area contributed by atoms with Crippen molar-refractivity contribution < 1.29 is 4.57 Å². The maximum Gasteiger partial charge on any atom is 0.177 e. The fraction of sp³-hybridized carbons (Fsp3) is 0.353. The lowest BCUT2D eigenvalue weighted by Crippen LogP contribution is -2.46. The molecule has 0 amide bonds. The van der Waals surface area contributed by atoms with Gasteiger partial charge in [-0.2, -0.15) is 0 Å². The van der Waals surface area contributed by atoms with Crippen molar-refractivity contribution in [2.45, 2.75) is 6.54 Å². The van der Waals surface area contributed by atoms with E-state index in [2.05, 4.69) is 50.1 Å². The second-order valence-electron chi connectivity index (χ2n) is 6.11. The van der Waals surface area contributed by atoms with E-state index >= 15 is 0 Å². The normalized spacial score (nSPS) is 15.1. The largest absolute Gasteiger partial charge is 0.353 e. The van der Waals surface area contributed by atoms with E-state index in [0.717, 1.165) is 43.4 Å². The topological polar surface area (TPSA) is 60.8 Å². The van der Waals surface area contributed by atoms with Crippen molar-refractivity contribution in [3.63, 3.8) is 0 Å². The second-order valence-corrected chi connectivity index (χ2v) is 7.05. The van der Waals surface area contributed by atoms with Gasteiger partial charge in [-0.15, -0.1) is 11.3 Å². The van der Waals surface area contributed by atoms with Crippen LogP contribution in [0.15, 0.2) is 36.1 Å². The van der Waals surface area contributed by atoms with Crippen LogP contribution in [0.3, 0.4) is 0 Å². The molecular formula is C17H21N6S+. The van der Waals surface area contributed by atoms with Crippen molar-refractivity contribution in [3.05, 3.63) is 46.8 Å². The van der Waals surface area contributed by atoms with Crippen molar-refractivity contribution >= 4 is 28.1 Å². The van der Waals surface area contributed by atoms with Gasteiger partial charge in [0.25, 0.3) is 0 Å². The number of pyridine rings is 1. The number of aryl methyl sites for hydroxylation is 1. The molecule has 0 saturated carbocycles. The van der Waals surface area contributed by atoms with Crippen molar-refractivity contribution in [1.82, 2.24) is 19.8 Å². The first-order valence-corrected chi connectivity index (χ1v) is 9.02. The molecule has 7 heteroatoms. The average Bonchev–Trinajstić information content (AvgIpc) is 3.22. The fourth-order valence-corrected chi connectivity index (χ4v) is 3.86. The summed E-state index contributed by atoms with van der Waals surface area (Å²) in [6.07, 6.45) is 6.29. The van der Waals surface area contributed by atoms with Crippen molar-refractivity contribution in [3.8, 4) is 0 Å². The summed E-state index contributed by atoms with van der Waals surface area (Å²) in [6.45, 7) is 4.38. The van der Waals surface area contributed by atoms with Gasteiger partial charge in [-0.25, -0.2) is 9.55 Å². The van der Waals surface area contributed by atoms with Gasteiger partial charge in [0.1, 0.15) is 23.6 Å². The lowest BCUT2D eigenvalue weighted by molar-refractivity contribution is -0.670. The first kappa shape index (κ1) is 15.3. The smallest absolute Gasteiger partial charge is 0.177 e. The van der Waals surface area contributed by atoms with Crippen molar-refractivity contribution in [2.75, 3.05) is 26.2 Å². The van der Waals surface area contributed by atoms with E-state index in [1.54, 1.807) is 11.3 Å². The molecule has 4 heterocycles. The Bertz CT molecular complexity index is 874. The number of nitrogens with zero attached hydrogens (tertiary/aromatic N) is 4. The summed E-state index contributed by atoms with van der Waals surface area (Å²) in [5.74, 6) is 0.545. The highest BCUT2D eigenvalue weighted by Crippen LogP contribution is 2.18. The summed E-state index contributed by atoms with van der Waals surface area (Å²) < 4.78 is 4.27. The van der Waals surface area contributed by atoms with Crippen LogP contribution in [-0.2, 0) is 13.6 Å². The van der Waals surface area contributed by atoms with Crippen LogP contribution in [0, 0.1) is 5.41 Å². The molecule has 4 rings (SSSR count). The van der Waals surface area contributed by atoms with E-state index in [0.29, 0.717) is 5.84 Å². The molecule has 1 aliphatic rings. The van der Waals surface area contributed by atoms with E-state index in [4.69, 9.17) is 10.4 Å². The molecule has 6 nitrogen and oxygen atoms in total. The molecule has 3 aromatic rings. The number of piperazine rings is 1. The Morgan fingerprint density at radius 3 is 3.04 bits per heavy atom. The summed E-state index contributed by atoms with van der Waals surface area (Å²) in [5.41, 5.74) is 2.00.